The van der Waals surface area contributed by atoms with Crippen molar-refractivity contribution in [1.82, 2.24) is 9.97 Å². The molecule has 1 atom stereocenters. The molecule has 21 heavy (non-hydrogen) atoms. The number of aromatic nitrogens is 2. The normalized spacial score (nSPS) is 12.4. The Morgan fingerprint density at radius 3 is 2.90 bits per heavy atom. The van der Waals surface area contributed by atoms with Crippen molar-refractivity contribution in [1.29, 1.82) is 0 Å². The lowest BCUT2D eigenvalue weighted by Gasteiger charge is -2.12. The fourth-order valence-electron chi connectivity index (χ4n) is 1.97. The molecule has 112 valence electrons. The number of halogens is 1. The summed E-state index contributed by atoms with van der Waals surface area (Å²) in [4.78, 5) is 18.8. The minimum absolute atomic E-state index is 0.258. The van der Waals surface area contributed by atoms with Crippen molar-refractivity contribution in [2.24, 2.45) is 0 Å². The van der Waals surface area contributed by atoms with Crippen molar-refractivity contribution in [3.05, 3.63) is 51.7 Å². The second-order valence-electron chi connectivity index (χ2n) is 4.73. The van der Waals surface area contributed by atoms with Gasteiger partial charge in [-0.2, -0.15) is 0 Å². The number of aromatic amines is 1. The second kappa shape index (κ2) is 6.87. The van der Waals surface area contributed by atoms with Gasteiger partial charge >= 0.3 is 0 Å². The summed E-state index contributed by atoms with van der Waals surface area (Å²) in [5.41, 5.74) is 0.896. The Hall–Kier alpha value is -1.66. The number of aliphatic hydroxyl groups excluding tert-OH is 1. The molecule has 0 unspecified atom stereocenters. The van der Waals surface area contributed by atoms with Gasteiger partial charge < -0.3 is 10.1 Å². The highest BCUT2D eigenvalue weighted by Gasteiger charge is 2.15. The van der Waals surface area contributed by atoms with Gasteiger partial charge in [0.1, 0.15) is 5.82 Å². The highest BCUT2D eigenvalue weighted by Crippen LogP contribution is 2.33. The zero-order chi connectivity index (χ0) is 15.4. The van der Waals surface area contributed by atoms with E-state index in [1.165, 1.54) is 12.1 Å². The summed E-state index contributed by atoms with van der Waals surface area (Å²) in [5, 5.41) is 10.1. The topological polar surface area (TPSA) is 66.0 Å². The maximum Gasteiger partial charge on any atom is 0.251 e. The molecule has 0 saturated heterocycles. The van der Waals surface area contributed by atoms with Crippen LogP contribution in [-0.4, -0.2) is 15.1 Å². The van der Waals surface area contributed by atoms with Crippen LogP contribution in [0.2, 0.25) is 0 Å². The molecule has 0 aliphatic heterocycles. The summed E-state index contributed by atoms with van der Waals surface area (Å²) in [5.74, 6) is -0.443. The van der Waals surface area contributed by atoms with E-state index in [-0.39, 0.29) is 10.5 Å². The summed E-state index contributed by atoms with van der Waals surface area (Å²) in [6, 6.07) is 5.97. The minimum Gasteiger partial charge on any atom is -0.389 e. The molecule has 0 spiro atoms. The molecule has 2 rings (SSSR count). The van der Waals surface area contributed by atoms with Crippen molar-refractivity contribution >= 4 is 11.8 Å². The maximum absolute atomic E-state index is 14.0. The first kappa shape index (κ1) is 15.7. The molecule has 1 heterocycles. The van der Waals surface area contributed by atoms with Crippen molar-refractivity contribution in [3.63, 3.8) is 0 Å². The molecular formula is C15H17FN2O2S. The van der Waals surface area contributed by atoms with E-state index >= 15 is 0 Å². The van der Waals surface area contributed by atoms with E-state index in [4.69, 9.17) is 0 Å². The first-order chi connectivity index (χ1) is 10.0. The quantitative estimate of drug-likeness (QED) is 0.833. The highest BCUT2D eigenvalue weighted by molar-refractivity contribution is 7.99. The number of aryl methyl sites for hydroxylation is 1. The number of hydrogen-bond acceptors (Lipinski definition) is 4. The van der Waals surface area contributed by atoms with E-state index in [2.05, 4.69) is 9.97 Å². The van der Waals surface area contributed by atoms with Crippen LogP contribution < -0.4 is 5.56 Å². The highest BCUT2D eigenvalue weighted by atomic mass is 32.2. The van der Waals surface area contributed by atoms with Crippen LogP contribution in [0.4, 0.5) is 4.39 Å². The van der Waals surface area contributed by atoms with Gasteiger partial charge in [0, 0.05) is 11.8 Å². The predicted molar refractivity (Wildman–Crippen MR) is 80.0 cm³/mol. The molecule has 6 heteroatoms. The Morgan fingerprint density at radius 2 is 2.24 bits per heavy atom. The Balaban J connectivity index is 2.40. The number of nitrogens with one attached hydrogen (secondary N) is 1. The van der Waals surface area contributed by atoms with Crippen molar-refractivity contribution in [2.75, 3.05) is 0 Å². The van der Waals surface area contributed by atoms with E-state index in [0.29, 0.717) is 22.8 Å². The van der Waals surface area contributed by atoms with Crippen LogP contribution in [0, 0.1) is 5.82 Å². The van der Waals surface area contributed by atoms with Crippen LogP contribution in [-0.2, 0) is 6.42 Å². The molecule has 0 bridgehead atoms. The summed E-state index contributed by atoms with van der Waals surface area (Å²) < 4.78 is 14.0. The van der Waals surface area contributed by atoms with Crippen molar-refractivity contribution in [3.8, 4) is 0 Å². The molecule has 0 fully saturated rings. The van der Waals surface area contributed by atoms with E-state index in [1.54, 1.807) is 19.1 Å². The van der Waals surface area contributed by atoms with Crippen LogP contribution in [0.15, 0.2) is 39.1 Å². The monoisotopic (exact) mass is 308 g/mol. The predicted octanol–water partition coefficient (Wildman–Crippen LogP) is 3.07. The van der Waals surface area contributed by atoms with Crippen LogP contribution in [0.3, 0.4) is 0 Å². The standard InChI is InChI=1S/C15H17FN2O2S/c1-3-5-10-8-13(20)18-15(17-10)21-14-11(9(2)19)6-4-7-12(14)16/h4,6-9,19H,3,5H2,1-2H3,(H,17,18,20)/t9-/m1/s1. The lowest BCUT2D eigenvalue weighted by Crippen LogP contribution is -2.10. The molecule has 0 aliphatic carbocycles. The fraction of sp³-hybridized carbons (Fsp3) is 0.333. The second-order valence-corrected chi connectivity index (χ2v) is 5.73. The molecule has 1 aromatic carbocycles. The molecule has 0 saturated carbocycles. The first-order valence-corrected chi connectivity index (χ1v) is 7.57. The van der Waals surface area contributed by atoms with Gasteiger partial charge in [-0.3, -0.25) is 4.79 Å². The zero-order valence-corrected chi connectivity index (χ0v) is 12.7. The molecule has 0 aliphatic rings. The van der Waals surface area contributed by atoms with E-state index in [0.717, 1.165) is 18.2 Å². The first-order valence-electron chi connectivity index (χ1n) is 6.75. The Morgan fingerprint density at radius 1 is 1.48 bits per heavy atom. The lowest BCUT2D eigenvalue weighted by molar-refractivity contribution is 0.195. The third-order valence-corrected chi connectivity index (χ3v) is 3.95. The van der Waals surface area contributed by atoms with Gasteiger partial charge in [-0.1, -0.05) is 25.5 Å². The Bertz CT molecular complexity index is 686. The van der Waals surface area contributed by atoms with Gasteiger partial charge in [-0.25, -0.2) is 9.37 Å². The fourth-order valence-corrected chi connectivity index (χ4v) is 3.00. The number of nitrogens with zero attached hydrogens (tertiary/aromatic N) is 1. The largest absolute Gasteiger partial charge is 0.389 e. The molecular weight excluding hydrogens is 291 g/mol. The average Bonchev–Trinajstić information content (AvgIpc) is 2.40. The number of aliphatic hydroxyl groups is 1. The summed E-state index contributed by atoms with van der Waals surface area (Å²) in [7, 11) is 0. The van der Waals surface area contributed by atoms with Crippen molar-refractivity contribution in [2.45, 2.75) is 42.8 Å². The molecule has 0 radical (unpaired) electrons. The number of H-pyrrole nitrogens is 1. The van der Waals surface area contributed by atoms with Gasteiger partial charge in [0.05, 0.1) is 11.0 Å². The number of hydrogen-bond donors (Lipinski definition) is 2. The average molecular weight is 308 g/mol. The van der Waals surface area contributed by atoms with E-state index in [1.807, 2.05) is 6.92 Å². The van der Waals surface area contributed by atoms with Crippen LogP contribution in [0.1, 0.15) is 37.6 Å². The SMILES string of the molecule is CCCc1cc(=O)[nH]c(Sc2c(F)cccc2[C@@H](C)O)n1. The molecule has 0 amide bonds. The molecule has 1 aromatic heterocycles. The molecule has 4 nitrogen and oxygen atoms in total. The summed E-state index contributed by atoms with van der Waals surface area (Å²) in [6.45, 7) is 3.57. The van der Waals surface area contributed by atoms with Crippen LogP contribution >= 0.6 is 11.8 Å². The Labute approximate surface area is 126 Å². The van der Waals surface area contributed by atoms with Crippen LogP contribution in [0.25, 0.3) is 0 Å². The van der Waals surface area contributed by atoms with Gasteiger partial charge in [0.2, 0.25) is 0 Å². The zero-order valence-electron chi connectivity index (χ0n) is 11.9. The number of benzene rings is 1. The molecule has 2 aromatic rings. The van der Waals surface area contributed by atoms with E-state index < -0.39 is 11.9 Å². The minimum atomic E-state index is -0.797. The molecule has 2 N–H and O–H groups in total. The lowest BCUT2D eigenvalue weighted by atomic mass is 10.1. The third kappa shape index (κ3) is 3.92. The van der Waals surface area contributed by atoms with Gasteiger partial charge in [-0.05, 0) is 36.7 Å². The number of rotatable bonds is 5. The van der Waals surface area contributed by atoms with Gasteiger partial charge in [-0.15, -0.1) is 0 Å². The van der Waals surface area contributed by atoms with Gasteiger partial charge in [0.15, 0.2) is 5.16 Å². The van der Waals surface area contributed by atoms with Crippen molar-refractivity contribution < 1.29 is 9.50 Å². The Kier molecular flexibility index (Phi) is 5.14. The summed E-state index contributed by atoms with van der Waals surface area (Å²) in [6.07, 6.45) is 0.769. The third-order valence-electron chi connectivity index (χ3n) is 2.93. The maximum atomic E-state index is 14.0. The van der Waals surface area contributed by atoms with Crippen LogP contribution in [0.5, 0.6) is 0 Å². The smallest absolute Gasteiger partial charge is 0.251 e. The van der Waals surface area contributed by atoms with Gasteiger partial charge in [0.25, 0.3) is 5.56 Å². The summed E-state index contributed by atoms with van der Waals surface area (Å²) >= 11 is 1.02. The van der Waals surface area contributed by atoms with E-state index in [9.17, 15) is 14.3 Å².